The lowest BCUT2D eigenvalue weighted by molar-refractivity contribution is -0.116. The maximum atomic E-state index is 12.3. The molecule has 174 valence electrons. The molecule has 1 amide bonds. The van der Waals surface area contributed by atoms with Crippen LogP contribution in [0.25, 0.3) is 6.08 Å². The minimum atomic E-state index is -0.594. The van der Waals surface area contributed by atoms with E-state index in [0.29, 0.717) is 19.6 Å². The highest BCUT2D eigenvalue weighted by Crippen LogP contribution is 2.29. The van der Waals surface area contributed by atoms with E-state index in [9.17, 15) is 14.4 Å². The third kappa shape index (κ3) is 7.75. The van der Waals surface area contributed by atoms with Crippen molar-refractivity contribution in [2.24, 2.45) is 0 Å². The maximum absolute atomic E-state index is 12.3. The van der Waals surface area contributed by atoms with E-state index in [0.717, 1.165) is 12.8 Å². The molecule has 9 nitrogen and oxygen atoms in total. The van der Waals surface area contributed by atoms with Gasteiger partial charge in [0.05, 0.1) is 18.3 Å². The van der Waals surface area contributed by atoms with E-state index in [1.54, 1.807) is 14.2 Å². The molecule has 1 aromatic rings. The summed E-state index contributed by atoms with van der Waals surface area (Å²) in [6.07, 6.45) is 10.3. The minimum Gasteiger partial charge on any atom is -0.382 e. The van der Waals surface area contributed by atoms with Crippen molar-refractivity contribution in [1.29, 1.82) is 0 Å². The second-order valence-corrected chi connectivity index (χ2v) is 7.74. The molecule has 1 saturated heterocycles. The number of hydrogen-bond donors (Lipinski definition) is 2. The Hall–Kier alpha value is -2.23. The summed E-state index contributed by atoms with van der Waals surface area (Å²) in [6.45, 7) is 3.11. The summed E-state index contributed by atoms with van der Waals surface area (Å²) >= 11 is 0. The first-order chi connectivity index (χ1) is 15.0. The van der Waals surface area contributed by atoms with Crippen LogP contribution in [-0.4, -0.2) is 55.0 Å². The summed E-state index contributed by atoms with van der Waals surface area (Å²) in [7, 11) is 3.14. The first-order valence-electron chi connectivity index (χ1n) is 11.0. The standard InChI is InChI=1S/C22H35N3O6/c1-4-5-6-7-8-9-12-23-19(26)11-10-16-14-25(22(28)24-21(16)27)20-13-17(30-3)18(31-20)15-29-2/h10-11,14,17-18,20H,4-9,12-13,15H2,1-3H3,(H,23,26)(H,24,27,28)/b11-10+. The maximum Gasteiger partial charge on any atom is 0.330 e. The summed E-state index contributed by atoms with van der Waals surface area (Å²) < 4.78 is 17.8. The molecule has 1 aliphatic rings. The van der Waals surface area contributed by atoms with Gasteiger partial charge in [-0.25, -0.2) is 4.79 Å². The number of aromatic nitrogens is 2. The SMILES string of the molecule is CCCCCCCCNC(=O)/C=C/c1cn(C2CC(OC)C(COC)O2)c(=O)[nH]c1=O. The van der Waals surface area contributed by atoms with Gasteiger partial charge < -0.3 is 19.5 Å². The lowest BCUT2D eigenvalue weighted by Crippen LogP contribution is -2.33. The zero-order valence-corrected chi connectivity index (χ0v) is 18.7. The first-order valence-corrected chi connectivity index (χ1v) is 11.0. The molecule has 2 rings (SSSR count). The summed E-state index contributed by atoms with van der Waals surface area (Å²) in [5, 5.41) is 2.82. The third-order valence-electron chi connectivity index (χ3n) is 5.36. The number of carbonyl (C=O) groups excluding carboxylic acids is 1. The van der Waals surface area contributed by atoms with E-state index in [1.165, 1.54) is 48.6 Å². The Bertz CT molecular complexity index is 831. The molecule has 1 fully saturated rings. The van der Waals surface area contributed by atoms with Crippen molar-refractivity contribution in [3.63, 3.8) is 0 Å². The first kappa shape index (κ1) is 25.0. The number of aromatic amines is 1. The minimum absolute atomic E-state index is 0.196. The van der Waals surface area contributed by atoms with Crippen molar-refractivity contribution in [3.05, 3.63) is 38.7 Å². The number of hydrogen-bond acceptors (Lipinski definition) is 6. The molecule has 9 heteroatoms. The Morgan fingerprint density at radius 2 is 2.00 bits per heavy atom. The van der Waals surface area contributed by atoms with Crippen LogP contribution < -0.4 is 16.6 Å². The summed E-state index contributed by atoms with van der Waals surface area (Å²) in [4.78, 5) is 38.8. The molecule has 3 atom stereocenters. The number of carbonyl (C=O) groups is 1. The van der Waals surface area contributed by atoms with Gasteiger partial charge in [0.25, 0.3) is 5.56 Å². The summed E-state index contributed by atoms with van der Waals surface area (Å²) in [6, 6.07) is 0. The molecule has 1 aliphatic heterocycles. The quantitative estimate of drug-likeness (QED) is 0.361. The fourth-order valence-corrected chi connectivity index (χ4v) is 3.61. The van der Waals surface area contributed by atoms with Gasteiger partial charge in [0, 0.05) is 39.5 Å². The van der Waals surface area contributed by atoms with Gasteiger partial charge in [0.15, 0.2) is 0 Å². The molecule has 0 bridgehead atoms. The van der Waals surface area contributed by atoms with Crippen LogP contribution in [0, 0.1) is 0 Å². The Kier molecular flexibility index (Phi) is 10.7. The largest absolute Gasteiger partial charge is 0.382 e. The highest BCUT2D eigenvalue weighted by molar-refractivity contribution is 5.91. The Morgan fingerprint density at radius 3 is 2.71 bits per heavy atom. The molecular formula is C22H35N3O6. The van der Waals surface area contributed by atoms with Gasteiger partial charge in [-0.2, -0.15) is 0 Å². The van der Waals surface area contributed by atoms with Crippen molar-refractivity contribution < 1.29 is 19.0 Å². The van der Waals surface area contributed by atoms with Crippen LogP contribution in [0.15, 0.2) is 21.9 Å². The van der Waals surface area contributed by atoms with Gasteiger partial charge in [0.2, 0.25) is 5.91 Å². The van der Waals surface area contributed by atoms with Crippen molar-refractivity contribution in [3.8, 4) is 0 Å². The van der Waals surface area contributed by atoms with Gasteiger partial charge in [-0.3, -0.25) is 19.1 Å². The fraction of sp³-hybridized carbons (Fsp3) is 0.682. The van der Waals surface area contributed by atoms with E-state index in [2.05, 4.69) is 17.2 Å². The van der Waals surface area contributed by atoms with Gasteiger partial charge in [0.1, 0.15) is 12.3 Å². The van der Waals surface area contributed by atoms with Crippen molar-refractivity contribution in [2.45, 2.75) is 70.3 Å². The summed E-state index contributed by atoms with van der Waals surface area (Å²) in [5.74, 6) is -0.276. The number of nitrogens with zero attached hydrogens (tertiary/aromatic N) is 1. The number of unbranched alkanes of at least 4 members (excludes halogenated alkanes) is 5. The average molecular weight is 438 g/mol. The number of ether oxygens (including phenoxy) is 3. The zero-order chi connectivity index (χ0) is 22.6. The molecular weight excluding hydrogens is 402 g/mol. The van der Waals surface area contributed by atoms with Crippen LogP contribution >= 0.6 is 0 Å². The van der Waals surface area contributed by atoms with Crippen LogP contribution in [0.3, 0.4) is 0 Å². The smallest absolute Gasteiger partial charge is 0.330 e. The van der Waals surface area contributed by atoms with E-state index in [-0.39, 0.29) is 23.7 Å². The van der Waals surface area contributed by atoms with Crippen LogP contribution in [0.4, 0.5) is 0 Å². The Labute approximate surface area is 182 Å². The molecule has 0 saturated carbocycles. The van der Waals surface area contributed by atoms with Crippen molar-refractivity contribution in [1.82, 2.24) is 14.9 Å². The predicted molar refractivity (Wildman–Crippen MR) is 118 cm³/mol. The normalized spacial score (nSPS) is 21.1. The van der Waals surface area contributed by atoms with Crippen LogP contribution in [-0.2, 0) is 19.0 Å². The van der Waals surface area contributed by atoms with Crippen LogP contribution in [0.2, 0.25) is 0 Å². The lowest BCUT2D eigenvalue weighted by atomic mass is 10.1. The van der Waals surface area contributed by atoms with E-state index in [1.807, 2.05) is 0 Å². The Morgan fingerprint density at radius 1 is 1.26 bits per heavy atom. The third-order valence-corrected chi connectivity index (χ3v) is 5.36. The molecule has 0 aliphatic carbocycles. The lowest BCUT2D eigenvalue weighted by Gasteiger charge is -2.16. The number of amides is 1. The van der Waals surface area contributed by atoms with Gasteiger partial charge in [-0.1, -0.05) is 39.0 Å². The monoisotopic (exact) mass is 437 g/mol. The second kappa shape index (κ2) is 13.2. The molecule has 0 radical (unpaired) electrons. The van der Waals surface area contributed by atoms with E-state index < -0.39 is 17.5 Å². The zero-order valence-electron chi connectivity index (χ0n) is 18.7. The molecule has 3 unspecified atom stereocenters. The predicted octanol–water partition coefficient (Wildman–Crippen LogP) is 1.98. The molecule has 0 aromatic carbocycles. The van der Waals surface area contributed by atoms with Crippen LogP contribution in [0.1, 0.15) is 63.7 Å². The Balaban J connectivity index is 1.96. The topological polar surface area (TPSA) is 112 Å². The van der Waals surface area contributed by atoms with Crippen molar-refractivity contribution >= 4 is 12.0 Å². The average Bonchev–Trinajstić information content (AvgIpc) is 3.15. The van der Waals surface area contributed by atoms with E-state index >= 15 is 0 Å². The second-order valence-electron chi connectivity index (χ2n) is 7.74. The fourth-order valence-electron chi connectivity index (χ4n) is 3.61. The number of H-pyrrole nitrogens is 1. The molecule has 2 heterocycles. The van der Waals surface area contributed by atoms with Crippen LogP contribution in [0.5, 0.6) is 0 Å². The van der Waals surface area contributed by atoms with Gasteiger partial charge >= 0.3 is 5.69 Å². The van der Waals surface area contributed by atoms with E-state index in [4.69, 9.17) is 14.2 Å². The number of nitrogens with one attached hydrogen (secondary N) is 2. The van der Waals surface area contributed by atoms with Gasteiger partial charge in [-0.05, 0) is 12.5 Å². The molecule has 0 spiro atoms. The molecule has 31 heavy (non-hydrogen) atoms. The number of rotatable bonds is 13. The number of methoxy groups -OCH3 is 2. The highest BCUT2D eigenvalue weighted by Gasteiger charge is 2.36. The van der Waals surface area contributed by atoms with Gasteiger partial charge in [-0.15, -0.1) is 0 Å². The molecule has 1 aromatic heterocycles. The highest BCUT2D eigenvalue weighted by atomic mass is 16.6. The van der Waals surface area contributed by atoms with Crippen molar-refractivity contribution in [2.75, 3.05) is 27.4 Å². The summed E-state index contributed by atoms with van der Waals surface area (Å²) in [5.41, 5.74) is -0.939. The molecule has 2 N–H and O–H groups in total.